The molecular weight excluding hydrogens is 149 g/mol. The Labute approximate surface area is 60.8 Å². The molecule has 3 nitrogen and oxygen atoms in total. The van der Waals surface area contributed by atoms with Gasteiger partial charge in [0.2, 0.25) is 0 Å². The first-order chi connectivity index (χ1) is 4.68. The molecule has 0 saturated carbocycles. The Kier molecular flexibility index (Phi) is 2.66. The van der Waals surface area contributed by atoms with Crippen molar-refractivity contribution in [3.8, 4) is 0 Å². The van der Waals surface area contributed by atoms with Gasteiger partial charge in [-0.05, 0) is 12.8 Å². The van der Waals surface area contributed by atoms with E-state index in [9.17, 15) is 4.57 Å². The second-order valence-corrected chi connectivity index (χ2v) is 3.77. The predicted octanol–water partition coefficient (Wildman–Crippen LogP) is 0.501. The molecule has 0 aromatic carbocycles. The van der Waals surface area contributed by atoms with E-state index in [0.29, 0.717) is 6.16 Å². The molecule has 1 aliphatic rings. The van der Waals surface area contributed by atoms with E-state index in [-0.39, 0.29) is 6.04 Å². The van der Waals surface area contributed by atoms with E-state index in [4.69, 9.17) is 10.6 Å². The Balaban J connectivity index is 2.37. The van der Waals surface area contributed by atoms with Crippen molar-refractivity contribution < 1.29 is 9.46 Å². The summed E-state index contributed by atoms with van der Waals surface area (Å²) in [5, 5.41) is 0. The number of rotatable bonds is 2. The molecule has 2 atom stereocenters. The van der Waals surface area contributed by atoms with Crippen molar-refractivity contribution in [3.63, 3.8) is 0 Å². The largest absolute Gasteiger partial charge is 0.346 e. The molecule has 0 saturated heterocycles. The van der Waals surface area contributed by atoms with Gasteiger partial charge in [0.15, 0.2) is 8.03 Å². The summed E-state index contributed by atoms with van der Waals surface area (Å²) in [6.45, 7) is 0. The van der Waals surface area contributed by atoms with Crippen molar-refractivity contribution in [3.05, 3.63) is 11.6 Å². The van der Waals surface area contributed by atoms with Crippen molar-refractivity contribution in [2.75, 3.05) is 6.16 Å². The summed E-state index contributed by atoms with van der Waals surface area (Å²) < 4.78 is 10.4. The molecule has 58 valence electrons. The van der Waals surface area contributed by atoms with Crippen molar-refractivity contribution >= 4 is 8.03 Å². The zero-order valence-electron chi connectivity index (χ0n) is 5.71. The quantitative estimate of drug-likeness (QED) is 0.458. The molecule has 3 N–H and O–H groups in total. The molecule has 1 unspecified atom stereocenters. The van der Waals surface area contributed by atoms with Crippen LogP contribution in [0.1, 0.15) is 12.8 Å². The van der Waals surface area contributed by atoms with E-state index in [1.807, 2.05) is 6.08 Å². The standard InChI is InChI=1S/C6H12NO2P/c7-6-2-1-5(3-6)4-10(8)9/h1,6,10H,2-4,7H2,(H,8,9)/t6-/m0/s1. The van der Waals surface area contributed by atoms with Gasteiger partial charge in [0.1, 0.15) is 0 Å². The maximum Gasteiger partial charge on any atom is 0.193 e. The van der Waals surface area contributed by atoms with Crippen molar-refractivity contribution in [1.29, 1.82) is 0 Å². The summed E-state index contributed by atoms with van der Waals surface area (Å²) in [5.41, 5.74) is 6.63. The van der Waals surface area contributed by atoms with Crippen LogP contribution in [0.2, 0.25) is 0 Å². The van der Waals surface area contributed by atoms with E-state index in [0.717, 1.165) is 18.4 Å². The Bertz CT molecular complexity index is 179. The highest BCUT2D eigenvalue weighted by atomic mass is 31.1. The van der Waals surface area contributed by atoms with Crippen molar-refractivity contribution in [2.45, 2.75) is 18.9 Å². The van der Waals surface area contributed by atoms with Crippen LogP contribution in [0.5, 0.6) is 0 Å². The zero-order valence-corrected chi connectivity index (χ0v) is 6.71. The molecule has 0 aromatic heterocycles. The summed E-state index contributed by atoms with van der Waals surface area (Å²) in [6, 6.07) is 0.191. The summed E-state index contributed by atoms with van der Waals surface area (Å²) in [4.78, 5) is 8.56. The van der Waals surface area contributed by atoms with Crippen LogP contribution in [0.25, 0.3) is 0 Å². The molecular formula is C6H12NO2P. The maximum absolute atomic E-state index is 10.4. The van der Waals surface area contributed by atoms with E-state index >= 15 is 0 Å². The summed E-state index contributed by atoms with van der Waals surface area (Å²) in [6.07, 6.45) is 3.99. The van der Waals surface area contributed by atoms with E-state index in [2.05, 4.69) is 0 Å². The van der Waals surface area contributed by atoms with Gasteiger partial charge >= 0.3 is 0 Å². The average molecular weight is 161 g/mol. The van der Waals surface area contributed by atoms with E-state index in [1.165, 1.54) is 0 Å². The van der Waals surface area contributed by atoms with Crippen LogP contribution < -0.4 is 5.73 Å². The van der Waals surface area contributed by atoms with Crippen LogP contribution in [-0.2, 0) is 4.57 Å². The predicted molar refractivity (Wildman–Crippen MR) is 41.4 cm³/mol. The Morgan fingerprint density at radius 3 is 3.00 bits per heavy atom. The smallest absolute Gasteiger partial charge is 0.193 e. The molecule has 0 heterocycles. The Morgan fingerprint density at radius 2 is 2.60 bits per heavy atom. The molecule has 0 bridgehead atoms. The minimum Gasteiger partial charge on any atom is -0.346 e. The Hall–Kier alpha value is -0.110. The first-order valence-electron chi connectivity index (χ1n) is 3.34. The lowest BCUT2D eigenvalue weighted by atomic mass is 10.2. The second-order valence-electron chi connectivity index (χ2n) is 2.63. The minimum absolute atomic E-state index is 0.191. The summed E-state index contributed by atoms with van der Waals surface area (Å²) in [7, 11) is -2.31. The summed E-state index contributed by atoms with van der Waals surface area (Å²) in [5.74, 6) is 0. The monoisotopic (exact) mass is 161 g/mol. The molecule has 1 aliphatic carbocycles. The molecule has 10 heavy (non-hydrogen) atoms. The van der Waals surface area contributed by atoms with Crippen LogP contribution in [0.15, 0.2) is 11.6 Å². The van der Waals surface area contributed by atoms with Gasteiger partial charge in [-0.25, -0.2) is 0 Å². The van der Waals surface area contributed by atoms with Gasteiger partial charge in [0.25, 0.3) is 0 Å². The fraction of sp³-hybridized carbons (Fsp3) is 0.667. The fourth-order valence-corrected chi connectivity index (χ4v) is 1.84. The molecule has 0 spiro atoms. The lowest BCUT2D eigenvalue weighted by molar-refractivity contribution is 0.505. The van der Waals surface area contributed by atoms with Gasteiger partial charge in [0, 0.05) is 12.2 Å². The highest BCUT2D eigenvalue weighted by Gasteiger charge is 2.13. The highest BCUT2D eigenvalue weighted by molar-refractivity contribution is 7.38. The normalized spacial score (nSPS) is 28.2. The van der Waals surface area contributed by atoms with E-state index < -0.39 is 8.03 Å². The van der Waals surface area contributed by atoms with E-state index in [1.54, 1.807) is 0 Å². The van der Waals surface area contributed by atoms with Gasteiger partial charge in [-0.15, -0.1) is 0 Å². The van der Waals surface area contributed by atoms with Crippen LogP contribution >= 0.6 is 8.03 Å². The molecule has 0 radical (unpaired) electrons. The SMILES string of the molecule is N[C@H]1CC=C(C[PH](=O)O)C1. The molecule has 0 aromatic rings. The first-order valence-corrected chi connectivity index (χ1v) is 4.90. The highest BCUT2D eigenvalue weighted by Crippen LogP contribution is 2.25. The minimum atomic E-state index is -2.31. The number of nitrogens with two attached hydrogens (primary N) is 1. The lowest BCUT2D eigenvalue weighted by Gasteiger charge is -2.00. The lowest BCUT2D eigenvalue weighted by Crippen LogP contribution is -2.15. The van der Waals surface area contributed by atoms with Gasteiger partial charge in [-0.1, -0.05) is 11.6 Å². The third-order valence-corrected chi connectivity index (χ3v) is 2.37. The second kappa shape index (κ2) is 3.33. The third kappa shape index (κ3) is 2.25. The maximum atomic E-state index is 10.4. The molecule has 0 fully saturated rings. The van der Waals surface area contributed by atoms with Gasteiger partial charge in [-0.3, -0.25) is 4.57 Å². The third-order valence-electron chi connectivity index (χ3n) is 1.61. The van der Waals surface area contributed by atoms with Crippen molar-refractivity contribution in [2.24, 2.45) is 5.73 Å². The molecule has 4 heteroatoms. The molecule has 0 amide bonds. The average Bonchev–Trinajstić information content (AvgIpc) is 2.13. The van der Waals surface area contributed by atoms with Crippen LogP contribution in [0.3, 0.4) is 0 Å². The van der Waals surface area contributed by atoms with Crippen LogP contribution in [0.4, 0.5) is 0 Å². The Morgan fingerprint density at radius 1 is 1.90 bits per heavy atom. The molecule has 0 aliphatic heterocycles. The van der Waals surface area contributed by atoms with Gasteiger partial charge in [0.05, 0.1) is 0 Å². The van der Waals surface area contributed by atoms with Gasteiger partial charge < -0.3 is 10.6 Å². The zero-order chi connectivity index (χ0) is 7.56. The van der Waals surface area contributed by atoms with Crippen LogP contribution in [0, 0.1) is 0 Å². The fourth-order valence-electron chi connectivity index (χ4n) is 1.16. The number of hydrogen-bond acceptors (Lipinski definition) is 2. The van der Waals surface area contributed by atoms with Crippen molar-refractivity contribution in [1.82, 2.24) is 0 Å². The topological polar surface area (TPSA) is 63.3 Å². The number of hydrogen-bond donors (Lipinski definition) is 2. The van der Waals surface area contributed by atoms with Crippen LogP contribution in [-0.4, -0.2) is 17.1 Å². The first kappa shape index (κ1) is 7.99. The molecule has 1 rings (SSSR count). The van der Waals surface area contributed by atoms with Gasteiger partial charge in [-0.2, -0.15) is 0 Å². The summed E-state index contributed by atoms with van der Waals surface area (Å²) >= 11 is 0.